The SMILES string of the molecule is CC(C)(C)NC(=O)CN1CCN(C(=O)N2CCOCC2)CC1. The summed E-state index contributed by atoms with van der Waals surface area (Å²) in [6, 6.07) is 0.0992. The van der Waals surface area contributed by atoms with E-state index in [1.807, 2.05) is 30.6 Å². The fraction of sp³-hybridized carbons (Fsp3) is 0.867. The lowest BCUT2D eigenvalue weighted by atomic mass is 10.1. The fourth-order valence-corrected chi connectivity index (χ4v) is 2.71. The third kappa shape index (κ3) is 5.14. The Balaban J connectivity index is 1.73. The molecule has 2 aliphatic rings. The Morgan fingerprint density at radius 3 is 2.05 bits per heavy atom. The third-order valence-corrected chi connectivity index (χ3v) is 3.81. The van der Waals surface area contributed by atoms with Crippen LogP contribution in [-0.4, -0.2) is 91.2 Å². The van der Waals surface area contributed by atoms with E-state index in [0.717, 1.165) is 13.1 Å². The van der Waals surface area contributed by atoms with Crippen LogP contribution in [0.15, 0.2) is 0 Å². The van der Waals surface area contributed by atoms with Crippen LogP contribution >= 0.6 is 0 Å². The quantitative estimate of drug-likeness (QED) is 0.778. The fourth-order valence-electron chi connectivity index (χ4n) is 2.71. The van der Waals surface area contributed by atoms with Gasteiger partial charge in [0, 0.05) is 44.8 Å². The molecule has 0 atom stereocenters. The highest BCUT2D eigenvalue weighted by atomic mass is 16.5. The predicted molar refractivity (Wildman–Crippen MR) is 83.7 cm³/mol. The summed E-state index contributed by atoms with van der Waals surface area (Å²) in [5.41, 5.74) is -0.203. The van der Waals surface area contributed by atoms with Crippen LogP contribution in [0.25, 0.3) is 0 Å². The lowest BCUT2D eigenvalue weighted by Gasteiger charge is -2.38. The summed E-state index contributed by atoms with van der Waals surface area (Å²) in [6.45, 7) is 11.8. The number of rotatable bonds is 2. The number of hydrogen-bond acceptors (Lipinski definition) is 4. The van der Waals surface area contributed by atoms with E-state index >= 15 is 0 Å². The Bertz CT molecular complexity index is 394. The molecule has 0 aromatic heterocycles. The number of carbonyl (C=O) groups excluding carboxylic acids is 2. The van der Waals surface area contributed by atoms with Crippen molar-refractivity contribution in [2.24, 2.45) is 0 Å². The molecular formula is C15H28N4O3. The number of ether oxygens (including phenoxy) is 1. The van der Waals surface area contributed by atoms with Crippen molar-refractivity contribution in [3.63, 3.8) is 0 Å². The predicted octanol–water partition coefficient (Wildman–Crippen LogP) is -0.0291. The lowest BCUT2D eigenvalue weighted by Crippen LogP contribution is -2.56. The molecule has 2 aliphatic heterocycles. The summed E-state index contributed by atoms with van der Waals surface area (Å²) in [6.07, 6.45) is 0. The second kappa shape index (κ2) is 7.28. The normalized spacial score (nSPS) is 20.9. The minimum absolute atomic E-state index is 0.0421. The van der Waals surface area contributed by atoms with Crippen molar-refractivity contribution in [3.8, 4) is 0 Å². The number of urea groups is 1. The average molecular weight is 312 g/mol. The van der Waals surface area contributed by atoms with E-state index in [-0.39, 0.29) is 17.5 Å². The van der Waals surface area contributed by atoms with E-state index in [2.05, 4.69) is 10.2 Å². The van der Waals surface area contributed by atoms with Gasteiger partial charge in [-0.2, -0.15) is 0 Å². The summed E-state index contributed by atoms with van der Waals surface area (Å²) < 4.78 is 5.27. The second-order valence-electron chi connectivity index (χ2n) is 6.94. The maximum atomic E-state index is 12.4. The van der Waals surface area contributed by atoms with Crippen LogP contribution in [0.4, 0.5) is 4.79 Å². The highest BCUT2D eigenvalue weighted by Gasteiger charge is 2.27. The summed E-state index contributed by atoms with van der Waals surface area (Å²) in [7, 11) is 0. The Morgan fingerprint density at radius 2 is 1.50 bits per heavy atom. The molecule has 2 saturated heterocycles. The van der Waals surface area contributed by atoms with Crippen molar-refractivity contribution >= 4 is 11.9 Å². The number of piperazine rings is 1. The zero-order valence-corrected chi connectivity index (χ0v) is 13.9. The highest BCUT2D eigenvalue weighted by molar-refractivity contribution is 5.79. The molecule has 0 aromatic carbocycles. The molecule has 22 heavy (non-hydrogen) atoms. The van der Waals surface area contributed by atoms with Crippen LogP contribution in [0.2, 0.25) is 0 Å². The first-order chi connectivity index (χ1) is 10.3. The van der Waals surface area contributed by atoms with Gasteiger partial charge in [-0.05, 0) is 20.8 Å². The molecule has 2 fully saturated rings. The van der Waals surface area contributed by atoms with Crippen molar-refractivity contribution in [3.05, 3.63) is 0 Å². The molecule has 0 bridgehead atoms. The molecule has 7 heteroatoms. The number of amides is 3. The topological polar surface area (TPSA) is 65.1 Å². The van der Waals surface area contributed by atoms with E-state index in [1.54, 1.807) is 0 Å². The number of hydrogen-bond donors (Lipinski definition) is 1. The molecule has 3 amide bonds. The maximum absolute atomic E-state index is 12.4. The van der Waals surface area contributed by atoms with Gasteiger partial charge in [0.2, 0.25) is 5.91 Å². The van der Waals surface area contributed by atoms with Crippen LogP contribution in [0, 0.1) is 0 Å². The van der Waals surface area contributed by atoms with Crippen molar-refractivity contribution in [1.29, 1.82) is 0 Å². The standard InChI is InChI=1S/C15H28N4O3/c1-15(2,3)16-13(20)12-17-4-6-18(7-5-17)14(21)19-8-10-22-11-9-19/h4-12H2,1-3H3,(H,16,20). The molecule has 1 N–H and O–H groups in total. The number of carbonyl (C=O) groups is 2. The van der Waals surface area contributed by atoms with Gasteiger partial charge in [-0.1, -0.05) is 0 Å². The molecule has 0 radical (unpaired) electrons. The molecule has 0 aliphatic carbocycles. The zero-order chi connectivity index (χ0) is 16.2. The molecule has 0 aromatic rings. The zero-order valence-electron chi connectivity index (χ0n) is 13.9. The van der Waals surface area contributed by atoms with Crippen LogP contribution < -0.4 is 5.32 Å². The van der Waals surface area contributed by atoms with Gasteiger partial charge in [-0.15, -0.1) is 0 Å². The van der Waals surface area contributed by atoms with Gasteiger partial charge in [-0.3, -0.25) is 9.69 Å². The molecule has 0 spiro atoms. The molecule has 2 heterocycles. The van der Waals surface area contributed by atoms with Crippen molar-refractivity contribution in [1.82, 2.24) is 20.0 Å². The lowest BCUT2D eigenvalue weighted by molar-refractivity contribution is -0.124. The van der Waals surface area contributed by atoms with Gasteiger partial charge in [0.25, 0.3) is 0 Å². The largest absolute Gasteiger partial charge is 0.378 e. The van der Waals surface area contributed by atoms with Crippen molar-refractivity contribution in [2.45, 2.75) is 26.3 Å². The monoisotopic (exact) mass is 312 g/mol. The van der Waals surface area contributed by atoms with Gasteiger partial charge in [0.05, 0.1) is 19.8 Å². The molecule has 126 valence electrons. The van der Waals surface area contributed by atoms with E-state index in [1.165, 1.54) is 0 Å². The van der Waals surface area contributed by atoms with Crippen molar-refractivity contribution < 1.29 is 14.3 Å². The van der Waals surface area contributed by atoms with E-state index in [0.29, 0.717) is 45.9 Å². The number of morpholine rings is 1. The Labute approximate surface area is 132 Å². The minimum Gasteiger partial charge on any atom is -0.378 e. The van der Waals surface area contributed by atoms with Gasteiger partial charge in [0.15, 0.2) is 0 Å². The highest BCUT2D eigenvalue weighted by Crippen LogP contribution is 2.08. The summed E-state index contributed by atoms with van der Waals surface area (Å²) in [5.74, 6) is 0.0421. The van der Waals surface area contributed by atoms with Gasteiger partial charge in [-0.25, -0.2) is 4.79 Å². The molecule has 0 saturated carbocycles. The Kier molecular flexibility index (Phi) is 5.63. The summed E-state index contributed by atoms with van der Waals surface area (Å²) in [4.78, 5) is 30.1. The smallest absolute Gasteiger partial charge is 0.320 e. The van der Waals surface area contributed by atoms with E-state index < -0.39 is 0 Å². The Hall–Kier alpha value is -1.34. The molecule has 2 rings (SSSR count). The summed E-state index contributed by atoms with van der Waals surface area (Å²) >= 11 is 0. The first-order valence-corrected chi connectivity index (χ1v) is 8.00. The van der Waals surface area contributed by atoms with Gasteiger partial charge in [0.1, 0.15) is 0 Å². The first kappa shape index (κ1) is 17.0. The Morgan fingerprint density at radius 1 is 0.955 bits per heavy atom. The minimum atomic E-state index is -0.203. The van der Waals surface area contributed by atoms with Crippen LogP contribution in [0.5, 0.6) is 0 Å². The van der Waals surface area contributed by atoms with Crippen LogP contribution in [0.1, 0.15) is 20.8 Å². The first-order valence-electron chi connectivity index (χ1n) is 8.00. The summed E-state index contributed by atoms with van der Waals surface area (Å²) in [5, 5.41) is 2.97. The second-order valence-corrected chi connectivity index (χ2v) is 6.94. The molecule has 7 nitrogen and oxygen atoms in total. The number of nitrogens with zero attached hydrogens (tertiary/aromatic N) is 3. The molecule has 0 unspecified atom stereocenters. The van der Waals surface area contributed by atoms with Crippen LogP contribution in [-0.2, 0) is 9.53 Å². The average Bonchev–Trinajstić information content (AvgIpc) is 2.46. The van der Waals surface area contributed by atoms with E-state index in [4.69, 9.17) is 4.74 Å². The van der Waals surface area contributed by atoms with Gasteiger partial charge < -0.3 is 19.9 Å². The maximum Gasteiger partial charge on any atom is 0.320 e. The van der Waals surface area contributed by atoms with Crippen molar-refractivity contribution in [2.75, 3.05) is 59.0 Å². The number of nitrogens with one attached hydrogen (secondary N) is 1. The van der Waals surface area contributed by atoms with Gasteiger partial charge >= 0.3 is 6.03 Å². The molecular weight excluding hydrogens is 284 g/mol. The van der Waals surface area contributed by atoms with Crippen LogP contribution in [0.3, 0.4) is 0 Å². The third-order valence-electron chi connectivity index (χ3n) is 3.81. The van der Waals surface area contributed by atoms with E-state index in [9.17, 15) is 9.59 Å².